The van der Waals surface area contributed by atoms with Crippen LogP contribution in [0.2, 0.25) is 0 Å². The molecule has 8 nitrogen and oxygen atoms in total. The van der Waals surface area contributed by atoms with Gasteiger partial charge in [0.25, 0.3) is 0 Å². The van der Waals surface area contributed by atoms with Crippen LogP contribution in [0, 0.1) is 0 Å². The molecule has 2 heterocycles. The number of hydrogen-bond donors (Lipinski definition) is 0. The average Bonchev–Trinajstić information content (AvgIpc) is 2.80. The van der Waals surface area contributed by atoms with Gasteiger partial charge in [0.15, 0.2) is 11.5 Å². The summed E-state index contributed by atoms with van der Waals surface area (Å²) >= 11 is 3.06. The molecule has 1 aliphatic heterocycles. The highest BCUT2D eigenvalue weighted by Gasteiger charge is 2.40. The van der Waals surface area contributed by atoms with Crippen LogP contribution in [0.5, 0.6) is 0 Å². The highest BCUT2D eigenvalue weighted by atomic mass is 79.9. The van der Waals surface area contributed by atoms with Gasteiger partial charge in [0.1, 0.15) is 9.85 Å². The van der Waals surface area contributed by atoms with Gasteiger partial charge in [-0.2, -0.15) is 0 Å². The van der Waals surface area contributed by atoms with Gasteiger partial charge in [0.2, 0.25) is 15.0 Å². The third-order valence-electron chi connectivity index (χ3n) is 2.85. The number of anilines is 1. The minimum absolute atomic E-state index is 0.0575. The first-order chi connectivity index (χ1) is 9.74. The molecule has 1 aromatic rings. The van der Waals surface area contributed by atoms with Gasteiger partial charge in [0.05, 0.1) is 13.3 Å². The Morgan fingerprint density at radius 3 is 2.76 bits per heavy atom. The summed E-state index contributed by atoms with van der Waals surface area (Å²) in [4.78, 5) is 32.6. The normalized spacial score (nSPS) is 18.9. The Morgan fingerprint density at radius 1 is 1.57 bits per heavy atom. The van der Waals surface area contributed by atoms with Crippen LogP contribution in [0.4, 0.5) is 5.82 Å². The monoisotopic (exact) mass is 397 g/mol. The number of halogens is 2. The van der Waals surface area contributed by atoms with Crippen molar-refractivity contribution in [1.29, 1.82) is 0 Å². The van der Waals surface area contributed by atoms with Crippen molar-refractivity contribution in [1.82, 2.24) is 9.97 Å². The van der Waals surface area contributed by atoms with Crippen LogP contribution in [0.15, 0.2) is 10.8 Å². The van der Waals surface area contributed by atoms with Crippen LogP contribution in [0.3, 0.4) is 0 Å². The molecule has 0 aromatic carbocycles. The van der Waals surface area contributed by atoms with E-state index in [9.17, 15) is 18.0 Å². The van der Waals surface area contributed by atoms with E-state index >= 15 is 0 Å². The molecule has 0 radical (unpaired) electrons. The third kappa shape index (κ3) is 3.33. The van der Waals surface area contributed by atoms with Crippen LogP contribution < -0.4 is 4.90 Å². The maximum absolute atomic E-state index is 12.0. The maximum atomic E-state index is 12.0. The van der Waals surface area contributed by atoms with Gasteiger partial charge in [-0.05, 0) is 15.9 Å². The number of rotatable bonds is 3. The summed E-state index contributed by atoms with van der Waals surface area (Å²) in [6.07, 6.45) is 1.02. The van der Waals surface area contributed by atoms with Crippen molar-refractivity contribution in [3.63, 3.8) is 0 Å². The highest BCUT2D eigenvalue weighted by Crippen LogP contribution is 2.28. The highest BCUT2D eigenvalue weighted by molar-refractivity contribution is 9.10. The summed E-state index contributed by atoms with van der Waals surface area (Å²) < 4.78 is 27.5. The Hall–Kier alpha value is -1.26. The third-order valence-corrected chi connectivity index (χ3v) is 5.10. The number of ether oxygens (including phenoxy) is 1. The standard InChI is InChI=1S/C10H9BrClN3O5S/c1-20-10(17)8-9(13-3-6(11)14-8)15-4-5(2-7(15)16)21(12,18)19/h3,5H,2,4H2,1H3. The van der Waals surface area contributed by atoms with Gasteiger partial charge < -0.3 is 4.74 Å². The van der Waals surface area contributed by atoms with E-state index in [1.807, 2.05) is 0 Å². The predicted octanol–water partition coefficient (Wildman–Crippen LogP) is 0.700. The van der Waals surface area contributed by atoms with Crippen molar-refractivity contribution >= 4 is 53.4 Å². The molecule has 0 spiro atoms. The average molecular weight is 399 g/mol. The summed E-state index contributed by atoms with van der Waals surface area (Å²) in [5.41, 5.74) is -0.187. The Kier molecular flexibility index (Phi) is 4.49. The first-order valence-corrected chi connectivity index (χ1v) is 8.75. The summed E-state index contributed by atoms with van der Waals surface area (Å²) in [6, 6.07) is 0. The van der Waals surface area contributed by atoms with E-state index in [2.05, 4.69) is 30.6 Å². The zero-order chi connectivity index (χ0) is 15.8. The number of amides is 1. The van der Waals surface area contributed by atoms with Gasteiger partial charge in [-0.1, -0.05) is 0 Å². The number of methoxy groups -OCH3 is 1. The summed E-state index contributed by atoms with van der Waals surface area (Å²) in [7, 11) is 2.54. The molecule has 2 rings (SSSR count). The minimum Gasteiger partial charge on any atom is -0.464 e. The largest absolute Gasteiger partial charge is 0.464 e. The number of carbonyl (C=O) groups excluding carboxylic acids is 2. The number of nitrogens with zero attached hydrogens (tertiary/aromatic N) is 3. The number of esters is 1. The number of carbonyl (C=O) groups is 2. The summed E-state index contributed by atoms with van der Waals surface area (Å²) in [5.74, 6) is -1.35. The Balaban J connectivity index is 2.43. The van der Waals surface area contributed by atoms with Gasteiger partial charge in [-0.15, -0.1) is 0 Å². The molecule has 1 saturated heterocycles. The molecule has 1 unspecified atom stereocenters. The minimum atomic E-state index is -3.89. The molecule has 1 amide bonds. The fourth-order valence-electron chi connectivity index (χ4n) is 1.86. The smallest absolute Gasteiger partial charge is 0.360 e. The van der Waals surface area contributed by atoms with Crippen molar-refractivity contribution < 1.29 is 22.7 Å². The van der Waals surface area contributed by atoms with Crippen molar-refractivity contribution in [2.75, 3.05) is 18.6 Å². The molecule has 1 fully saturated rings. The van der Waals surface area contributed by atoms with Crippen LogP contribution in [-0.4, -0.2) is 49.2 Å². The van der Waals surface area contributed by atoms with Crippen LogP contribution in [0.25, 0.3) is 0 Å². The molecule has 0 N–H and O–H groups in total. The van der Waals surface area contributed by atoms with E-state index in [1.54, 1.807) is 0 Å². The van der Waals surface area contributed by atoms with Crippen molar-refractivity contribution in [3.05, 3.63) is 16.5 Å². The molecule has 1 aliphatic rings. The van der Waals surface area contributed by atoms with Gasteiger partial charge in [-0.25, -0.2) is 23.2 Å². The molecular weight excluding hydrogens is 390 g/mol. The zero-order valence-corrected chi connectivity index (χ0v) is 13.8. The summed E-state index contributed by atoms with van der Waals surface area (Å²) in [5, 5.41) is -1.05. The van der Waals surface area contributed by atoms with E-state index in [0.29, 0.717) is 0 Å². The first-order valence-electron chi connectivity index (χ1n) is 5.58. The first kappa shape index (κ1) is 16.1. The van der Waals surface area contributed by atoms with E-state index in [-0.39, 0.29) is 29.1 Å². The van der Waals surface area contributed by atoms with Crippen LogP contribution in [-0.2, 0) is 18.6 Å². The topological polar surface area (TPSA) is 107 Å². The van der Waals surface area contributed by atoms with E-state index in [1.165, 1.54) is 6.20 Å². The van der Waals surface area contributed by atoms with Gasteiger partial charge in [0, 0.05) is 23.6 Å². The lowest BCUT2D eigenvalue weighted by atomic mass is 10.3. The van der Waals surface area contributed by atoms with Crippen LogP contribution >= 0.6 is 26.6 Å². The quantitative estimate of drug-likeness (QED) is 0.545. The predicted molar refractivity (Wildman–Crippen MR) is 76.6 cm³/mol. The fraction of sp³-hybridized carbons (Fsp3) is 0.400. The lowest BCUT2D eigenvalue weighted by molar-refractivity contribution is -0.117. The lowest BCUT2D eigenvalue weighted by Gasteiger charge is -2.17. The second-order valence-electron chi connectivity index (χ2n) is 4.16. The Morgan fingerprint density at radius 2 is 2.24 bits per heavy atom. The lowest BCUT2D eigenvalue weighted by Crippen LogP contribution is -2.30. The van der Waals surface area contributed by atoms with Gasteiger partial charge in [-0.3, -0.25) is 9.69 Å². The fourth-order valence-corrected chi connectivity index (χ4v) is 3.17. The molecule has 0 saturated carbocycles. The van der Waals surface area contributed by atoms with E-state index < -0.39 is 26.2 Å². The summed E-state index contributed by atoms with van der Waals surface area (Å²) in [6.45, 7) is -0.190. The maximum Gasteiger partial charge on any atom is 0.360 e. The molecule has 1 atom stereocenters. The number of hydrogen-bond acceptors (Lipinski definition) is 7. The van der Waals surface area contributed by atoms with E-state index in [0.717, 1.165) is 12.0 Å². The molecule has 0 bridgehead atoms. The second kappa shape index (κ2) is 5.85. The molecule has 0 aliphatic carbocycles. The van der Waals surface area contributed by atoms with Crippen molar-refractivity contribution in [2.24, 2.45) is 0 Å². The Bertz CT molecular complexity index is 711. The molecule has 21 heavy (non-hydrogen) atoms. The molecule has 1 aromatic heterocycles. The second-order valence-corrected chi connectivity index (χ2v) is 7.88. The molecule has 11 heteroatoms. The van der Waals surface area contributed by atoms with Gasteiger partial charge >= 0.3 is 5.97 Å². The molecule has 114 valence electrons. The number of aromatic nitrogens is 2. The van der Waals surface area contributed by atoms with Crippen molar-refractivity contribution in [2.45, 2.75) is 11.7 Å². The Labute approximate surface area is 133 Å². The van der Waals surface area contributed by atoms with E-state index in [4.69, 9.17) is 10.7 Å². The SMILES string of the molecule is COC(=O)c1nc(Br)cnc1N1CC(S(=O)(=O)Cl)CC1=O. The molecular formula is C10H9BrClN3O5S. The zero-order valence-electron chi connectivity index (χ0n) is 10.6. The van der Waals surface area contributed by atoms with Crippen molar-refractivity contribution in [3.8, 4) is 0 Å². The van der Waals surface area contributed by atoms with Crippen LogP contribution in [0.1, 0.15) is 16.9 Å².